The van der Waals surface area contributed by atoms with Crippen LogP contribution in [0.1, 0.15) is 50.5 Å². The third kappa shape index (κ3) is 3.47. The van der Waals surface area contributed by atoms with Crippen LogP contribution in [0.5, 0.6) is 0 Å². The Hall–Kier alpha value is -2.31. The minimum atomic E-state index is -0.247. The first kappa shape index (κ1) is 16.1. The van der Waals surface area contributed by atoms with Crippen LogP contribution < -0.4 is 10.6 Å². The Bertz CT molecular complexity index is 644. The normalized spacial score (nSPS) is 13.7. The highest BCUT2D eigenvalue weighted by atomic mass is 16.2. The number of amides is 2. The van der Waals surface area contributed by atoms with E-state index >= 15 is 0 Å². The smallest absolute Gasteiger partial charge is 0.319 e. The summed E-state index contributed by atoms with van der Waals surface area (Å²) in [6.07, 6.45) is 6.32. The van der Waals surface area contributed by atoms with Crippen molar-refractivity contribution < 1.29 is 4.79 Å². The lowest BCUT2D eigenvalue weighted by Gasteiger charge is -2.14. The molecule has 2 aromatic heterocycles. The summed E-state index contributed by atoms with van der Waals surface area (Å²) in [6.45, 7) is 8.10. The molecule has 7 nitrogen and oxygen atoms in total. The summed E-state index contributed by atoms with van der Waals surface area (Å²) in [5.74, 6) is 0. The van der Waals surface area contributed by atoms with Crippen molar-refractivity contribution in [3.05, 3.63) is 29.8 Å². The second kappa shape index (κ2) is 6.64. The van der Waals surface area contributed by atoms with Crippen molar-refractivity contribution >= 4 is 11.7 Å². The second-order valence-corrected chi connectivity index (χ2v) is 5.61. The van der Waals surface area contributed by atoms with Gasteiger partial charge < -0.3 is 10.6 Å². The quantitative estimate of drug-likeness (QED) is 0.891. The fourth-order valence-electron chi connectivity index (χ4n) is 2.27. The SMILES string of the molecule is CC[C@H](C)n1ncc(NC(=O)N[C@@H](C)c2cnn(C)c2)c1C. The highest BCUT2D eigenvalue weighted by molar-refractivity contribution is 5.89. The van der Waals surface area contributed by atoms with Crippen molar-refractivity contribution in [3.63, 3.8) is 0 Å². The Morgan fingerprint density at radius 1 is 1.32 bits per heavy atom. The number of urea groups is 1. The van der Waals surface area contributed by atoms with Crippen molar-refractivity contribution in [2.45, 2.75) is 46.2 Å². The van der Waals surface area contributed by atoms with Crippen molar-refractivity contribution in [1.29, 1.82) is 0 Å². The Kier molecular flexibility index (Phi) is 4.85. The van der Waals surface area contributed by atoms with E-state index in [1.165, 1.54) is 0 Å². The molecule has 2 amide bonds. The lowest BCUT2D eigenvalue weighted by atomic mass is 10.2. The first-order chi connectivity index (χ1) is 10.4. The van der Waals surface area contributed by atoms with E-state index in [4.69, 9.17) is 0 Å². The molecule has 2 rings (SSSR count). The predicted molar refractivity (Wildman–Crippen MR) is 85.7 cm³/mol. The van der Waals surface area contributed by atoms with Gasteiger partial charge in [-0.05, 0) is 27.2 Å². The van der Waals surface area contributed by atoms with Crippen LogP contribution in [0, 0.1) is 6.92 Å². The van der Waals surface area contributed by atoms with Crippen LogP contribution in [0.4, 0.5) is 10.5 Å². The molecule has 22 heavy (non-hydrogen) atoms. The summed E-state index contributed by atoms with van der Waals surface area (Å²) in [4.78, 5) is 12.1. The highest BCUT2D eigenvalue weighted by Gasteiger charge is 2.15. The first-order valence-corrected chi connectivity index (χ1v) is 7.52. The summed E-state index contributed by atoms with van der Waals surface area (Å²) in [6, 6.07) is -0.0466. The zero-order valence-corrected chi connectivity index (χ0v) is 13.8. The molecule has 2 atom stereocenters. The summed E-state index contributed by atoms with van der Waals surface area (Å²) >= 11 is 0. The van der Waals surface area contributed by atoms with Crippen molar-refractivity contribution in [2.24, 2.45) is 7.05 Å². The van der Waals surface area contributed by atoms with Gasteiger partial charge in [0.15, 0.2) is 0 Å². The van der Waals surface area contributed by atoms with Gasteiger partial charge in [-0.3, -0.25) is 9.36 Å². The van der Waals surface area contributed by atoms with Crippen LogP contribution in [0.3, 0.4) is 0 Å². The fourth-order valence-corrected chi connectivity index (χ4v) is 2.27. The molecule has 0 aliphatic rings. The number of nitrogens with zero attached hydrogens (tertiary/aromatic N) is 4. The van der Waals surface area contributed by atoms with Crippen LogP contribution in [0.25, 0.3) is 0 Å². The van der Waals surface area contributed by atoms with Gasteiger partial charge in [0.05, 0.1) is 29.8 Å². The number of rotatable bonds is 5. The molecule has 0 aliphatic carbocycles. The maximum Gasteiger partial charge on any atom is 0.319 e. The summed E-state index contributed by atoms with van der Waals surface area (Å²) in [7, 11) is 1.85. The largest absolute Gasteiger partial charge is 0.331 e. The van der Waals surface area contributed by atoms with Gasteiger partial charge in [-0.1, -0.05) is 6.92 Å². The fraction of sp³-hybridized carbons (Fsp3) is 0.533. The van der Waals surface area contributed by atoms with E-state index in [0.717, 1.165) is 23.4 Å². The third-order valence-electron chi connectivity index (χ3n) is 3.87. The number of hydrogen-bond acceptors (Lipinski definition) is 3. The third-order valence-corrected chi connectivity index (χ3v) is 3.87. The van der Waals surface area contributed by atoms with Gasteiger partial charge in [0.25, 0.3) is 0 Å². The monoisotopic (exact) mass is 304 g/mol. The van der Waals surface area contributed by atoms with Crippen LogP contribution in [-0.2, 0) is 7.05 Å². The van der Waals surface area contributed by atoms with E-state index in [1.54, 1.807) is 17.1 Å². The average molecular weight is 304 g/mol. The molecule has 0 radical (unpaired) electrons. The van der Waals surface area contributed by atoms with Crippen molar-refractivity contribution in [2.75, 3.05) is 5.32 Å². The maximum absolute atomic E-state index is 12.1. The van der Waals surface area contributed by atoms with Crippen LogP contribution in [-0.4, -0.2) is 25.6 Å². The Labute approximate surface area is 130 Å². The van der Waals surface area contributed by atoms with Crippen LogP contribution >= 0.6 is 0 Å². The zero-order chi connectivity index (χ0) is 16.3. The second-order valence-electron chi connectivity index (χ2n) is 5.61. The van der Waals surface area contributed by atoms with Gasteiger partial charge in [0.2, 0.25) is 0 Å². The minimum Gasteiger partial charge on any atom is -0.331 e. The molecule has 120 valence electrons. The number of aromatic nitrogens is 4. The van der Waals surface area contributed by atoms with Gasteiger partial charge in [0.1, 0.15) is 0 Å². The number of carbonyl (C=O) groups excluding carboxylic acids is 1. The van der Waals surface area contributed by atoms with E-state index in [1.807, 2.05) is 31.8 Å². The van der Waals surface area contributed by atoms with Crippen molar-refractivity contribution in [1.82, 2.24) is 24.9 Å². The molecular formula is C15H24N6O. The van der Waals surface area contributed by atoms with Crippen LogP contribution in [0.15, 0.2) is 18.6 Å². The molecule has 0 saturated carbocycles. The van der Waals surface area contributed by atoms with E-state index in [2.05, 4.69) is 34.7 Å². The molecule has 0 fully saturated rings. The topological polar surface area (TPSA) is 76.8 Å². The Morgan fingerprint density at radius 3 is 2.64 bits per heavy atom. The Morgan fingerprint density at radius 2 is 2.05 bits per heavy atom. The van der Waals surface area contributed by atoms with Gasteiger partial charge in [-0.15, -0.1) is 0 Å². The van der Waals surface area contributed by atoms with Gasteiger partial charge >= 0.3 is 6.03 Å². The zero-order valence-electron chi connectivity index (χ0n) is 13.8. The molecule has 0 aromatic carbocycles. The number of anilines is 1. The van der Waals surface area contributed by atoms with Gasteiger partial charge in [-0.2, -0.15) is 10.2 Å². The van der Waals surface area contributed by atoms with Crippen LogP contribution in [0.2, 0.25) is 0 Å². The summed E-state index contributed by atoms with van der Waals surface area (Å²) in [5, 5.41) is 14.2. The number of aryl methyl sites for hydroxylation is 1. The van der Waals surface area contributed by atoms with E-state index in [0.29, 0.717) is 6.04 Å². The molecule has 0 unspecified atom stereocenters. The Balaban J connectivity index is 1.99. The molecule has 2 heterocycles. The van der Waals surface area contributed by atoms with Crippen molar-refractivity contribution in [3.8, 4) is 0 Å². The lowest BCUT2D eigenvalue weighted by molar-refractivity contribution is 0.249. The molecule has 7 heteroatoms. The van der Waals surface area contributed by atoms with Gasteiger partial charge in [0, 0.05) is 24.8 Å². The molecular weight excluding hydrogens is 280 g/mol. The van der Waals surface area contributed by atoms with E-state index < -0.39 is 0 Å². The molecule has 0 aliphatic heterocycles. The summed E-state index contributed by atoms with van der Waals surface area (Å²) < 4.78 is 3.64. The number of carbonyl (C=O) groups is 1. The molecule has 2 aromatic rings. The first-order valence-electron chi connectivity index (χ1n) is 7.52. The average Bonchev–Trinajstić information content (AvgIpc) is 3.05. The standard InChI is InChI=1S/C15H24N6O/c1-6-10(2)21-12(4)14(8-17-21)19-15(22)18-11(3)13-7-16-20(5)9-13/h7-11H,6H2,1-5H3,(H2,18,19,22)/t10-,11-/m0/s1. The van der Waals surface area contributed by atoms with E-state index in [-0.39, 0.29) is 12.1 Å². The van der Waals surface area contributed by atoms with Gasteiger partial charge in [-0.25, -0.2) is 4.79 Å². The molecule has 0 spiro atoms. The summed E-state index contributed by atoms with van der Waals surface area (Å²) in [5.41, 5.74) is 2.65. The predicted octanol–water partition coefficient (Wildman–Crippen LogP) is 2.78. The minimum absolute atomic E-state index is 0.112. The molecule has 2 N–H and O–H groups in total. The number of hydrogen-bond donors (Lipinski definition) is 2. The highest BCUT2D eigenvalue weighted by Crippen LogP contribution is 2.19. The molecule has 0 saturated heterocycles. The molecule has 0 bridgehead atoms. The lowest BCUT2D eigenvalue weighted by Crippen LogP contribution is -2.31. The maximum atomic E-state index is 12.1. The number of nitrogens with one attached hydrogen (secondary N) is 2. The van der Waals surface area contributed by atoms with E-state index in [9.17, 15) is 4.79 Å².